The van der Waals surface area contributed by atoms with Crippen molar-refractivity contribution >= 4 is 33.5 Å². The normalized spacial score (nSPS) is 13.5. The lowest BCUT2D eigenvalue weighted by molar-refractivity contribution is -0.143. The Morgan fingerprint density at radius 1 is 0.492 bits per heavy atom. The van der Waals surface area contributed by atoms with E-state index in [0.717, 1.165) is 54.9 Å². The fourth-order valence-corrected chi connectivity index (χ4v) is 7.97. The van der Waals surface area contributed by atoms with Crippen molar-refractivity contribution in [1.82, 2.24) is 0 Å². The molecule has 1 aliphatic carbocycles. The predicted molar refractivity (Wildman–Crippen MR) is 235 cm³/mol. The van der Waals surface area contributed by atoms with Crippen molar-refractivity contribution in [2.75, 3.05) is 52.9 Å². The van der Waals surface area contributed by atoms with E-state index in [0.29, 0.717) is 11.5 Å². The van der Waals surface area contributed by atoms with Crippen LogP contribution in [0.5, 0.6) is 11.5 Å². The number of hydrogen-bond acceptors (Lipinski definition) is 10. The lowest BCUT2D eigenvalue weighted by Crippen LogP contribution is -2.29. The maximum atomic E-state index is 11.7. The van der Waals surface area contributed by atoms with Crippen molar-refractivity contribution in [3.05, 3.63) is 168 Å². The minimum atomic E-state index is -0.972. The third-order valence-electron chi connectivity index (χ3n) is 10.6. The number of aliphatic hydroxyl groups excluding tert-OH is 2. The standard InChI is InChI=1S/C51H50O10/c1-33(2)49(54)60-31-35(52)29-56-25-27-58-47-23-11-15-39-41(47)17-9-21-45(39)51(43-19-7-5-13-37(43)38-14-6-8-20-44(38)51)46-22-10-18-42-40(46)16-12-24-48(42)59-28-26-57-30-36(53)32-61-50(55)34(3)4/h5-24,35-36,52-53H,1,3,25-32H2,2,4H3. The lowest BCUT2D eigenvalue weighted by atomic mass is 9.65. The number of benzene rings is 6. The number of ether oxygens (including phenoxy) is 6. The van der Waals surface area contributed by atoms with Crippen molar-refractivity contribution in [2.24, 2.45) is 0 Å². The molecule has 0 heterocycles. The fraction of sp³-hybridized carbons (Fsp3) is 0.255. The molecule has 2 atom stereocenters. The van der Waals surface area contributed by atoms with Crippen LogP contribution in [0.15, 0.2) is 146 Å². The first-order chi connectivity index (χ1) is 29.6. The van der Waals surface area contributed by atoms with Gasteiger partial charge in [-0.15, -0.1) is 0 Å². The van der Waals surface area contributed by atoms with Crippen LogP contribution >= 0.6 is 0 Å². The van der Waals surface area contributed by atoms with Crippen molar-refractivity contribution in [2.45, 2.75) is 31.5 Å². The first kappa shape index (κ1) is 42.8. The van der Waals surface area contributed by atoms with E-state index in [1.807, 2.05) is 24.3 Å². The zero-order valence-corrected chi connectivity index (χ0v) is 34.4. The molecule has 0 radical (unpaired) electrons. The Morgan fingerprint density at radius 2 is 0.869 bits per heavy atom. The van der Waals surface area contributed by atoms with Gasteiger partial charge in [-0.3, -0.25) is 0 Å². The summed E-state index contributed by atoms with van der Waals surface area (Å²) < 4.78 is 34.1. The molecule has 2 N–H and O–H groups in total. The molecule has 10 heteroatoms. The van der Waals surface area contributed by atoms with E-state index in [9.17, 15) is 19.8 Å². The van der Waals surface area contributed by atoms with Crippen LogP contribution in [0.4, 0.5) is 0 Å². The first-order valence-electron chi connectivity index (χ1n) is 20.3. The van der Waals surface area contributed by atoms with Crippen molar-refractivity contribution < 1.29 is 48.2 Å². The highest BCUT2D eigenvalue weighted by Crippen LogP contribution is 2.58. The van der Waals surface area contributed by atoms with E-state index >= 15 is 0 Å². The zero-order chi connectivity index (χ0) is 42.9. The molecule has 0 spiro atoms. The fourth-order valence-electron chi connectivity index (χ4n) is 7.97. The molecule has 0 saturated carbocycles. The van der Waals surface area contributed by atoms with Gasteiger partial charge in [-0.1, -0.05) is 122 Å². The molecule has 0 bridgehead atoms. The molecule has 10 nitrogen and oxygen atoms in total. The van der Waals surface area contributed by atoms with E-state index in [4.69, 9.17) is 28.4 Å². The van der Waals surface area contributed by atoms with E-state index in [-0.39, 0.29) is 64.0 Å². The molecule has 2 unspecified atom stereocenters. The SMILES string of the molecule is C=C(C)C(=O)OCC(O)COCCOc1cccc2c(C3(c4cccc5c(OCCOCC(O)COC(=O)C(=C)C)cccc45)c4ccccc4-c4ccccc43)cccc12. The molecular weight excluding hydrogens is 773 g/mol. The van der Waals surface area contributed by atoms with Gasteiger partial charge in [0.15, 0.2) is 0 Å². The predicted octanol–water partition coefficient (Wildman–Crippen LogP) is 8.11. The summed E-state index contributed by atoms with van der Waals surface area (Å²) in [6.45, 7) is 10.7. The van der Waals surface area contributed by atoms with Gasteiger partial charge in [0.25, 0.3) is 0 Å². The minimum Gasteiger partial charge on any atom is -0.491 e. The molecule has 6 aromatic carbocycles. The molecule has 6 aromatic rings. The molecule has 0 fully saturated rings. The lowest BCUT2D eigenvalue weighted by Gasteiger charge is -2.36. The van der Waals surface area contributed by atoms with Crippen LogP contribution in [-0.4, -0.2) is 87.2 Å². The number of rotatable bonds is 20. The second-order valence-corrected chi connectivity index (χ2v) is 15.1. The van der Waals surface area contributed by atoms with Crippen molar-refractivity contribution in [3.8, 4) is 22.6 Å². The summed E-state index contributed by atoms with van der Waals surface area (Å²) in [5.41, 5.74) is 6.62. The topological polar surface area (TPSA) is 130 Å². The van der Waals surface area contributed by atoms with Gasteiger partial charge in [0.1, 0.15) is 50.1 Å². The van der Waals surface area contributed by atoms with Gasteiger partial charge in [0, 0.05) is 21.9 Å². The Morgan fingerprint density at radius 3 is 1.30 bits per heavy atom. The van der Waals surface area contributed by atoms with Crippen LogP contribution in [-0.2, 0) is 34.0 Å². The van der Waals surface area contributed by atoms with E-state index in [2.05, 4.69) is 110 Å². The van der Waals surface area contributed by atoms with E-state index in [1.54, 1.807) is 13.8 Å². The minimum absolute atomic E-state index is 0.0140. The van der Waals surface area contributed by atoms with Gasteiger partial charge >= 0.3 is 11.9 Å². The number of carbonyl (C=O) groups is 2. The molecule has 61 heavy (non-hydrogen) atoms. The third kappa shape index (κ3) is 9.08. The summed E-state index contributed by atoms with van der Waals surface area (Å²) in [5, 5.41) is 24.4. The third-order valence-corrected chi connectivity index (χ3v) is 10.6. The molecule has 0 aliphatic heterocycles. The number of esters is 2. The quantitative estimate of drug-likeness (QED) is 0.0442. The Hall–Kier alpha value is -6.30. The van der Waals surface area contributed by atoms with Crippen LogP contribution in [0.2, 0.25) is 0 Å². The zero-order valence-electron chi connectivity index (χ0n) is 34.4. The Labute approximate surface area is 355 Å². The number of carbonyl (C=O) groups excluding carboxylic acids is 2. The second kappa shape index (κ2) is 19.4. The Bertz CT molecular complexity index is 2380. The summed E-state index contributed by atoms with van der Waals surface area (Å²) >= 11 is 0. The Balaban J connectivity index is 1.19. The average molecular weight is 823 g/mol. The highest BCUT2D eigenvalue weighted by atomic mass is 16.6. The van der Waals surface area contributed by atoms with Crippen LogP contribution in [0.1, 0.15) is 36.1 Å². The largest absolute Gasteiger partial charge is 0.491 e. The highest BCUT2D eigenvalue weighted by Gasteiger charge is 2.47. The summed E-state index contributed by atoms with van der Waals surface area (Å²) in [7, 11) is 0. The first-order valence-corrected chi connectivity index (χ1v) is 20.3. The van der Waals surface area contributed by atoms with Gasteiger partial charge in [0.2, 0.25) is 0 Å². The molecular formula is C51H50O10. The second-order valence-electron chi connectivity index (χ2n) is 15.1. The molecule has 1 aliphatic rings. The number of aliphatic hydroxyl groups is 2. The average Bonchev–Trinajstić information content (AvgIpc) is 3.57. The molecule has 7 rings (SSSR count). The molecule has 314 valence electrons. The van der Waals surface area contributed by atoms with Crippen LogP contribution in [0, 0.1) is 0 Å². The van der Waals surface area contributed by atoms with Crippen LogP contribution in [0.25, 0.3) is 32.7 Å². The maximum Gasteiger partial charge on any atom is 0.333 e. The van der Waals surface area contributed by atoms with Gasteiger partial charge in [-0.25, -0.2) is 9.59 Å². The summed E-state index contributed by atoms with van der Waals surface area (Å²) in [4.78, 5) is 23.4. The van der Waals surface area contributed by atoms with Gasteiger partial charge < -0.3 is 38.6 Å². The Kier molecular flexibility index (Phi) is 13.6. The van der Waals surface area contributed by atoms with E-state index < -0.39 is 29.6 Å². The van der Waals surface area contributed by atoms with Gasteiger partial charge in [0.05, 0.1) is 31.8 Å². The van der Waals surface area contributed by atoms with Crippen LogP contribution in [0.3, 0.4) is 0 Å². The van der Waals surface area contributed by atoms with Crippen LogP contribution < -0.4 is 9.47 Å². The number of fused-ring (bicyclic) bond motifs is 5. The highest BCUT2D eigenvalue weighted by molar-refractivity contribution is 6.01. The van der Waals surface area contributed by atoms with E-state index in [1.165, 1.54) is 0 Å². The molecule has 0 saturated heterocycles. The number of hydrogen-bond donors (Lipinski definition) is 2. The summed E-state index contributed by atoms with van der Waals surface area (Å²) in [5.74, 6) is 0.283. The maximum absolute atomic E-state index is 11.7. The van der Waals surface area contributed by atoms with Crippen molar-refractivity contribution in [1.29, 1.82) is 0 Å². The van der Waals surface area contributed by atoms with Gasteiger partial charge in [-0.05, 0) is 70.1 Å². The monoisotopic (exact) mass is 822 g/mol. The van der Waals surface area contributed by atoms with Crippen molar-refractivity contribution in [3.63, 3.8) is 0 Å². The summed E-state index contributed by atoms with van der Waals surface area (Å²) in [6, 6.07) is 42.1. The smallest absolute Gasteiger partial charge is 0.333 e. The molecule has 0 aromatic heterocycles. The summed E-state index contributed by atoms with van der Waals surface area (Å²) in [6.07, 6.45) is -1.94. The van der Waals surface area contributed by atoms with Gasteiger partial charge in [-0.2, -0.15) is 0 Å². The molecule has 0 amide bonds.